The summed E-state index contributed by atoms with van der Waals surface area (Å²) in [6.45, 7) is 7.39. The Kier molecular flexibility index (Phi) is 9.18. The number of hydrogen-bond donors (Lipinski definition) is 2. The zero-order valence-electron chi connectivity index (χ0n) is 23.9. The van der Waals surface area contributed by atoms with E-state index in [-0.39, 0.29) is 11.4 Å². The predicted octanol–water partition coefficient (Wildman–Crippen LogP) is 3.98. The van der Waals surface area contributed by atoms with E-state index in [9.17, 15) is 18.3 Å². The minimum Gasteiger partial charge on any atom is -0.489 e. The van der Waals surface area contributed by atoms with Gasteiger partial charge in [-0.1, -0.05) is 48.0 Å². The number of carbonyl (C=O) groups is 1. The zero-order valence-corrected chi connectivity index (χ0v) is 24.7. The molecule has 9 nitrogen and oxygen atoms in total. The number of aromatic nitrogens is 1. The van der Waals surface area contributed by atoms with Gasteiger partial charge in [0.2, 0.25) is 10.0 Å². The van der Waals surface area contributed by atoms with Crippen LogP contribution in [0.1, 0.15) is 22.4 Å². The molecule has 0 saturated carbocycles. The fourth-order valence-electron chi connectivity index (χ4n) is 5.22. The van der Waals surface area contributed by atoms with Crippen molar-refractivity contribution in [2.24, 2.45) is 0 Å². The molecule has 0 radical (unpaired) electrons. The smallest absolute Gasteiger partial charge is 0.322 e. The summed E-state index contributed by atoms with van der Waals surface area (Å²) in [5, 5.41) is 10.9. The second-order valence-electron chi connectivity index (χ2n) is 10.7. The fraction of sp³-hybridized carbons (Fsp3) is 0.312. The van der Waals surface area contributed by atoms with Gasteiger partial charge in [0.25, 0.3) is 0 Å². The van der Waals surface area contributed by atoms with Crippen LogP contribution in [0.15, 0.2) is 83.8 Å². The maximum atomic E-state index is 13.0. The van der Waals surface area contributed by atoms with Crippen molar-refractivity contribution in [1.29, 1.82) is 0 Å². The minimum absolute atomic E-state index is 0.0483. The van der Waals surface area contributed by atoms with Crippen LogP contribution in [-0.4, -0.2) is 73.0 Å². The summed E-state index contributed by atoms with van der Waals surface area (Å²) in [7, 11) is -3.92. The highest BCUT2D eigenvalue weighted by Crippen LogP contribution is 2.22. The lowest BCUT2D eigenvalue weighted by molar-refractivity contribution is -0.143. The van der Waals surface area contributed by atoms with Crippen LogP contribution in [0.5, 0.6) is 5.75 Å². The summed E-state index contributed by atoms with van der Waals surface area (Å²) in [4.78, 5) is 20.8. The second kappa shape index (κ2) is 13.0. The predicted molar refractivity (Wildman–Crippen MR) is 162 cm³/mol. The highest BCUT2D eigenvalue weighted by Gasteiger charge is 2.30. The van der Waals surface area contributed by atoms with Gasteiger partial charge in [0, 0.05) is 55.9 Å². The number of pyridine rings is 1. The molecule has 1 aliphatic heterocycles. The Morgan fingerprint density at radius 2 is 1.67 bits per heavy atom. The third kappa shape index (κ3) is 7.32. The van der Waals surface area contributed by atoms with E-state index in [0.29, 0.717) is 38.5 Å². The molecule has 1 fully saturated rings. The number of sulfonamides is 1. The number of nitrogens with one attached hydrogen (secondary N) is 1. The molecule has 1 aliphatic rings. The van der Waals surface area contributed by atoms with Crippen LogP contribution in [0.2, 0.25) is 0 Å². The number of fused-ring (bicyclic) bond motifs is 1. The van der Waals surface area contributed by atoms with Crippen LogP contribution in [0.4, 0.5) is 0 Å². The van der Waals surface area contributed by atoms with Crippen molar-refractivity contribution in [2.45, 2.75) is 37.9 Å². The summed E-state index contributed by atoms with van der Waals surface area (Å²) in [6.07, 6.45) is 0. The van der Waals surface area contributed by atoms with Gasteiger partial charge in [-0.2, -0.15) is 0 Å². The molecule has 1 unspecified atom stereocenters. The average molecular weight is 589 g/mol. The van der Waals surface area contributed by atoms with Crippen molar-refractivity contribution < 1.29 is 23.1 Å². The molecule has 1 aromatic heterocycles. The van der Waals surface area contributed by atoms with Crippen molar-refractivity contribution in [2.75, 3.05) is 32.7 Å². The van der Waals surface area contributed by atoms with E-state index in [4.69, 9.17) is 4.74 Å². The highest BCUT2D eigenvalue weighted by molar-refractivity contribution is 7.89. The number of rotatable bonds is 11. The van der Waals surface area contributed by atoms with Crippen molar-refractivity contribution in [1.82, 2.24) is 19.5 Å². The lowest BCUT2D eigenvalue weighted by Gasteiger charge is -2.37. The van der Waals surface area contributed by atoms with Crippen molar-refractivity contribution in [3.8, 4) is 5.75 Å². The standard InChI is InChI=1S/C32H36N4O5S/c1-23-7-9-25(10-8-23)21-35-15-17-36(18-16-35)31(32(37)38)20-33-42(39,40)28-13-11-27(12-14-28)41-22-26-19-24(2)34-30-6-4-3-5-29(26)30/h3-14,19,31,33H,15-18,20-22H2,1-2H3,(H,37,38). The molecule has 220 valence electrons. The quantitative estimate of drug-likeness (QED) is 0.271. The monoisotopic (exact) mass is 588 g/mol. The lowest BCUT2D eigenvalue weighted by Crippen LogP contribution is -2.55. The molecule has 1 saturated heterocycles. The van der Waals surface area contributed by atoms with Crippen molar-refractivity contribution in [3.63, 3.8) is 0 Å². The number of hydrogen-bond acceptors (Lipinski definition) is 7. The molecule has 0 aliphatic carbocycles. The van der Waals surface area contributed by atoms with Gasteiger partial charge < -0.3 is 9.84 Å². The largest absolute Gasteiger partial charge is 0.489 e. The number of aliphatic carboxylic acids is 1. The molecule has 1 atom stereocenters. The number of ether oxygens (including phenoxy) is 1. The van der Waals surface area contributed by atoms with E-state index < -0.39 is 22.0 Å². The van der Waals surface area contributed by atoms with Gasteiger partial charge >= 0.3 is 5.97 Å². The molecule has 5 rings (SSSR count). The molecule has 0 amide bonds. The van der Waals surface area contributed by atoms with E-state index in [1.165, 1.54) is 23.3 Å². The van der Waals surface area contributed by atoms with Crippen molar-refractivity contribution >= 4 is 26.9 Å². The first-order chi connectivity index (χ1) is 20.2. The third-order valence-electron chi connectivity index (χ3n) is 7.58. The molecule has 2 N–H and O–H groups in total. The van der Waals surface area contributed by atoms with Gasteiger partial charge in [-0.15, -0.1) is 0 Å². The Labute approximate surface area is 246 Å². The Hall–Kier alpha value is -3.83. The first kappa shape index (κ1) is 29.7. The number of para-hydroxylation sites is 1. The summed E-state index contributed by atoms with van der Waals surface area (Å²) in [5.41, 5.74) is 5.21. The molecule has 3 aromatic carbocycles. The van der Waals surface area contributed by atoms with Crippen LogP contribution < -0.4 is 9.46 Å². The molecule has 42 heavy (non-hydrogen) atoms. The number of carboxylic acids is 1. The lowest BCUT2D eigenvalue weighted by atomic mass is 10.1. The van der Waals surface area contributed by atoms with Crippen LogP contribution in [-0.2, 0) is 28.0 Å². The van der Waals surface area contributed by atoms with E-state index in [0.717, 1.165) is 28.7 Å². The summed E-state index contributed by atoms with van der Waals surface area (Å²) in [6, 6.07) is 23.4. The van der Waals surface area contributed by atoms with Crippen LogP contribution >= 0.6 is 0 Å². The van der Waals surface area contributed by atoms with Gasteiger partial charge in [0.15, 0.2) is 0 Å². The van der Waals surface area contributed by atoms with Gasteiger partial charge in [-0.25, -0.2) is 13.1 Å². The van der Waals surface area contributed by atoms with Gasteiger partial charge in [0.05, 0.1) is 10.4 Å². The summed E-state index contributed by atoms with van der Waals surface area (Å²) >= 11 is 0. The van der Waals surface area contributed by atoms with Gasteiger partial charge in [-0.05, 0) is 55.8 Å². The van der Waals surface area contributed by atoms with E-state index in [1.54, 1.807) is 12.1 Å². The van der Waals surface area contributed by atoms with Gasteiger partial charge in [-0.3, -0.25) is 19.6 Å². The Morgan fingerprint density at radius 1 is 0.976 bits per heavy atom. The minimum atomic E-state index is -3.92. The number of benzene rings is 3. The maximum Gasteiger partial charge on any atom is 0.322 e. The van der Waals surface area contributed by atoms with Crippen LogP contribution in [0.3, 0.4) is 0 Å². The first-order valence-corrected chi connectivity index (χ1v) is 15.5. The van der Waals surface area contributed by atoms with E-state index in [2.05, 4.69) is 45.8 Å². The Bertz CT molecular complexity index is 1630. The maximum absolute atomic E-state index is 13.0. The molecule has 0 spiro atoms. The number of aryl methyl sites for hydroxylation is 2. The molecule has 0 bridgehead atoms. The molecule has 4 aromatic rings. The average Bonchev–Trinajstić information content (AvgIpc) is 2.98. The summed E-state index contributed by atoms with van der Waals surface area (Å²) < 4.78 is 34.5. The van der Waals surface area contributed by atoms with Crippen LogP contribution in [0, 0.1) is 13.8 Å². The third-order valence-corrected chi connectivity index (χ3v) is 9.02. The van der Waals surface area contributed by atoms with Gasteiger partial charge in [0.1, 0.15) is 18.4 Å². The van der Waals surface area contributed by atoms with E-state index in [1.807, 2.05) is 42.2 Å². The SMILES string of the molecule is Cc1ccc(CN2CCN(C(CNS(=O)(=O)c3ccc(OCc4cc(C)nc5ccccc45)cc3)C(=O)O)CC2)cc1. The highest BCUT2D eigenvalue weighted by atomic mass is 32.2. The molecular formula is C32H36N4O5S. The fourth-order valence-corrected chi connectivity index (χ4v) is 6.26. The van der Waals surface area contributed by atoms with Crippen LogP contribution in [0.25, 0.3) is 10.9 Å². The number of piperazine rings is 1. The summed E-state index contributed by atoms with van der Waals surface area (Å²) in [5.74, 6) is -0.522. The first-order valence-electron chi connectivity index (χ1n) is 14.0. The molecule has 10 heteroatoms. The zero-order chi connectivity index (χ0) is 29.7. The van der Waals surface area contributed by atoms with Crippen molar-refractivity contribution in [3.05, 3.63) is 101 Å². The molecule has 2 heterocycles. The Balaban J connectivity index is 1.15. The van der Waals surface area contributed by atoms with E-state index >= 15 is 0 Å². The molecular weight excluding hydrogens is 552 g/mol. The Morgan fingerprint density at radius 3 is 2.36 bits per heavy atom. The normalized spacial score (nSPS) is 15.5. The topological polar surface area (TPSA) is 112 Å². The second-order valence-corrected chi connectivity index (χ2v) is 12.5. The number of carboxylic acid groups (broad SMARTS) is 1. The number of nitrogens with zero attached hydrogens (tertiary/aromatic N) is 3.